The summed E-state index contributed by atoms with van der Waals surface area (Å²) in [7, 11) is 0. The molecule has 86 valence electrons. The van der Waals surface area contributed by atoms with Crippen LogP contribution in [0.15, 0.2) is 0 Å². The lowest BCUT2D eigenvalue weighted by molar-refractivity contribution is -0.158. The van der Waals surface area contributed by atoms with Crippen LogP contribution in [0.4, 0.5) is 0 Å². The van der Waals surface area contributed by atoms with Gasteiger partial charge in [-0.15, -0.1) is 0 Å². The van der Waals surface area contributed by atoms with Crippen molar-refractivity contribution >= 4 is 11.9 Å². The minimum Gasteiger partial charge on any atom is -0.465 e. The predicted octanol–water partition coefficient (Wildman–Crippen LogP) is 0.438. The van der Waals surface area contributed by atoms with Crippen LogP contribution in [0.2, 0.25) is 0 Å². The molecule has 1 saturated heterocycles. The number of carbonyl (C=O) groups excluding carboxylic acids is 2. The maximum absolute atomic E-state index is 11.6. The third-order valence-electron chi connectivity index (χ3n) is 2.48. The molecule has 0 spiro atoms. The molecule has 0 aromatic carbocycles. The first-order valence-electron chi connectivity index (χ1n) is 5.14. The number of carbonyl (C=O) groups is 2. The van der Waals surface area contributed by atoms with Crippen LogP contribution in [-0.4, -0.2) is 31.3 Å². The molecule has 0 aliphatic carbocycles. The molecule has 1 aliphatic heterocycles. The van der Waals surface area contributed by atoms with Crippen molar-refractivity contribution in [3.05, 3.63) is 0 Å². The van der Waals surface area contributed by atoms with Crippen LogP contribution in [0.1, 0.15) is 27.2 Å². The molecule has 1 amide bonds. The summed E-state index contributed by atoms with van der Waals surface area (Å²) in [6.45, 7) is 5.92. The minimum absolute atomic E-state index is 0.279. The van der Waals surface area contributed by atoms with E-state index in [1.807, 2.05) is 6.92 Å². The second kappa shape index (κ2) is 4.61. The second-order valence-corrected chi connectivity index (χ2v) is 3.67. The van der Waals surface area contributed by atoms with Crippen LogP contribution in [0, 0.1) is 5.41 Å². The van der Waals surface area contributed by atoms with Gasteiger partial charge in [-0.05, 0) is 20.8 Å². The first-order chi connectivity index (χ1) is 7.04. The van der Waals surface area contributed by atoms with Gasteiger partial charge in [0.25, 0.3) is 0 Å². The zero-order chi connectivity index (χ0) is 11.5. The van der Waals surface area contributed by atoms with Gasteiger partial charge in [0.1, 0.15) is 11.6 Å². The van der Waals surface area contributed by atoms with E-state index < -0.39 is 11.4 Å². The number of hydrogen-bond donors (Lipinski definition) is 1. The van der Waals surface area contributed by atoms with Gasteiger partial charge in [-0.25, -0.2) is 0 Å². The Labute approximate surface area is 89.1 Å². The molecule has 15 heavy (non-hydrogen) atoms. The number of amides is 1. The lowest BCUT2D eigenvalue weighted by atomic mass is 9.89. The van der Waals surface area contributed by atoms with Crippen LogP contribution in [0.25, 0.3) is 0 Å². The summed E-state index contributed by atoms with van der Waals surface area (Å²) in [6.07, 6.45) is -0.0460. The van der Waals surface area contributed by atoms with Gasteiger partial charge in [-0.1, -0.05) is 0 Å². The lowest BCUT2D eigenvalue weighted by Crippen LogP contribution is -2.37. The summed E-state index contributed by atoms with van der Waals surface area (Å²) in [4.78, 5) is 23.2. The van der Waals surface area contributed by atoms with Crippen molar-refractivity contribution in [1.29, 1.82) is 0 Å². The normalized spacial score (nSPS) is 30.1. The molecule has 0 aromatic rings. The highest BCUT2D eigenvalue weighted by Crippen LogP contribution is 2.31. The Morgan fingerprint density at radius 3 is 2.73 bits per heavy atom. The number of esters is 1. The van der Waals surface area contributed by atoms with Gasteiger partial charge < -0.3 is 14.8 Å². The van der Waals surface area contributed by atoms with E-state index in [0.717, 1.165) is 0 Å². The van der Waals surface area contributed by atoms with Gasteiger partial charge in [0.2, 0.25) is 5.91 Å². The van der Waals surface area contributed by atoms with Crippen LogP contribution in [0.3, 0.4) is 0 Å². The molecule has 0 unspecified atom stereocenters. The van der Waals surface area contributed by atoms with E-state index in [1.165, 1.54) is 0 Å². The Morgan fingerprint density at radius 1 is 1.53 bits per heavy atom. The quantitative estimate of drug-likeness (QED) is 0.546. The Morgan fingerprint density at radius 2 is 2.20 bits per heavy atom. The molecular formula is C10H17NO4. The first kappa shape index (κ1) is 12.0. The Kier molecular flexibility index (Phi) is 3.68. The topological polar surface area (TPSA) is 64.6 Å². The van der Waals surface area contributed by atoms with E-state index in [2.05, 4.69) is 5.32 Å². The van der Waals surface area contributed by atoms with Crippen molar-refractivity contribution < 1.29 is 19.1 Å². The molecule has 0 aromatic heterocycles. The van der Waals surface area contributed by atoms with E-state index in [0.29, 0.717) is 13.0 Å². The smallest absolute Gasteiger partial charge is 0.321 e. The standard InChI is InChI=1S/C10H17NO4/c1-4-14-7-6-10(3,8(12)11-7)9(13)15-5-2/h7H,4-6H2,1-3H3,(H,11,12)/t7-,10-/m0/s1. The van der Waals surface area contributed by atoms with Gasteiger partial charge >= 0.3 is 5.97 Å². The predicted molar refractivity (Wildman–Crippen MR) is 52.9 cm³/mol. The molecule has 1 heterocycles. The maximum Gasteiger partial charge on any atom is 0.321 e. The van der Waals surface area contributed by atoms with Crippen molar-refractivity contribution in [3.8, 4) is 0 Å². The Balaban J connectivity index is 2.69. The van der Waals surface area contributed by atoms with Crippen LogP contribution >= 0.6 is 0 Å². The first-order valence-corrected chi connectivity index (χ1v) is 5.14. The Hall–Kier alpha value is -1.10. The van der Waals surface area contributed by atoms with E-state index in [9.17, 15) is 9.59 Å². The van der Waals surface area contributed by atoms with Crippen LogP contribution in [-0.2, 0) is 19.1 Å². The Bertz CT molecular complexity index is 266. The SMILES string of the molecule is CCOC(=O)[C@@]1(C)C[C@H](OCC)NC1=O. The highest BCUT2D eigenvalue weighted by Gasteiger charge is 2.50. The summed E-state index contributed by atoms with van der Waals surface area (Å²) in [6, 6.07) is 0. The summed E-state index contributed by atoms with van der Waals surface area (Å²) in [5, 5.41) is 2.62. The second-order valence-electron chi connectivity index (χ2n) is 3.67. The average molecular weight is 215 g/mol. The lowest BCUT2D eigenvalue weighted by Gasteiger charge is -2.17. The molecule has 0 bridgehead atoms. The summed E-state index contributed by atoms with van der Waals surface area (Å²) in [5.41, 5.74) is -1.10. The van der Waals surface area contributed by atoms with Gasteiger partial charge in [-0.2, -0.15) is 0 Å². The van der Waals surface area contributed by atoms with Crippen molar-refractivity contribution in [1.82, 2.24) is 5.32 Å². The van der Waals surface area contributed by atoms with Crippen molar-refractivity contribution in [2.45, 2.75) is 33.4 Å². The van der Waals surface area contributed by atoms with Crippen LogP contribution in [0.5, 0.6) is 0 Å². The van der Waals surface area contributed by atoms with Gasteiger partial charge in [0.05, 0.1) is 6.61 Å². The van der Waals surface area contributed by atoms with Crippen molar-refractivity contribution in [3.63, 3.8) is 0 Å². The number of rotatable bonds is 4. The highest BCUT2D eigenvalue weighted by molar-refractivity contribution is 6.03. The van der Waals surface area contributed by atoms with E-state index in [-0.39, 0.29) is 18.7 Å². The number of ether oxygens (including phenoxy) is 2. The van der Waals surface area contributed by atoms with Crippen molar-refractivity contribution in [2.24, 2.45) is 5.41 Å². The van der Waals surface area contributed by atoms with Gasteiger partial charge in [-0.3, -0.25) is 9.59 Å². The largest absolute Gasteiger partial charge is 0.465 e. The monoisotopic (exact) mass is 215 g/mol. The zero-order valence-electron chi connectivity index (χ0n) is 9.33. The number of nitrogens with one attached hydrogen (secondary N) is 1. The fourth-order valence-electron chi connectivity index (χ4n) is 1.59. The molecule has 5 heteroatoms. The zero-order valence-corrected chi connectivity index (χ0v) is 9.33. The molecule has 2 atom stereocenters. The molecule has 0 saturated carbocycles. The van der Waals surface area contributed by atoms with Gasteiger partial charge in [0.15, 0.2) is 0 Å². The number of hydrogen-bond acceptors (Lipinski definition) is 4. The maximum atomic E-state index is 11.6. The third kappa shape index (κ3) is 2.28. The van der Waals surface area contributed by atoms with Crippen LogP contribution < -0.4 is 5.32 Å². The van der Waals surface area contributed by atoms with Gasteiger partial charge in [0, 0.05) is 13.0 Å². The summed E-state index contributed by atoms with van der Waals surface area (Å²) >= 11 is 0. The minimum atomic E-state index is -1.10. The molecule has 0 radical (unpaired) electrons. The molecule has 1 N–H and O–H groups in total. The molecular weight excluding hydrogens is 198 g/mol. The fourth-order valence-corrected chi connectivity index (χ4v) is 1.59. The van der Waals surface area contributed by atoms with E-state index in [4.69, 9.17) is 9.47 Å². The van der Waals surface area contributed by atoms with Crippen molar-refractivity contribution in [2.75, 3.05) is 13.2 Å². The molecule has 1 rings (SSSR count). The molecule has 1 aliphatic rings. The third-order valence-corrected chi connectivity index (χ3v) is 2.48. The highest BCUT2D eigenvalue weighted by atomic mass is 16.5. The summed E-state index contributed by atoms with van der Waals surface area (Å²) < 4.78 is 10.1. The average Bonchev–Trinajstić information content (AvgIpc) is 2.45. The summed E-state index contributed by atoms with van der Waals surface area (Å²) in [5.74, 6) is -0.802. The molecule has 1 fully saturated rings. The van der Waals surface area contributed by atoms with E-state index in [1.54, 1.807) is 13.8 Å². The fraction of sp³-hybridized carbons (Fsp3) is 0.800. The molecule has 5 nitrogen and oxygen atoms in total. The van der Waals surface area contributed by atoms with E-state index >= 15 is 0 Å².